The van der Waals surface area contributed by atoms with E-state index >= 15 is 0 Å². The molecule has 0 N–H and O–H groups in total. The molecule has 6 heteroatoms. The average Bonchev–Trinajstić information content (AvgIpc) is 2.93. The number of hydrogen-bond donors (Lipinski definition) is 0. The van der Waals surface area contributed by atoms with Crippen LogP contribution in [-0.2, 0) is 16.6 Å². The maximum Gasteiger partial charge on any atom is 0.342 e. The van der Waals surface area contributed by atoms with Crippen LogP contribution >= 0.6 is 0 Å². The third-order valence-corrected chi connectivity index (χ3v) is 3.05. The summed E-state index contributed by atoms with van der Waals surface area (Å²) in [6, 6.07) is 9.17. The second kappa shape index (κ2) is 6.21. The van der Waals surface area contributed by atoms with Crippen LogP contribution in [0.4, 0.5) is 5.69 Å². The van der Waals surface area contributed by atoms with E-state index in [0.717, 1.165) is 5.69 Å². The number of hydrogen-bond acceptors (Lipinski definition) is 4. The van der Waals surface area contributed by atoms with E-state index < -0.39 is 12.1 Å². The first-order valence-corrected chi connectivity index (χ1v) is 6.51. The molecule has 0 radical (unpaired) electrons. The van der Waals surface area contributed by atoms with Gasteiger partial charge in [-0.2, -0.15) is 5.10 Å². The third kappa shape index (κ3) is 3.47. The van der Waals surface area contributed by atoms with E-state index in [2.05, 4.69) is 5.10 Å². The summed E-state index contributed by atoms with van der Waals surface area (Å²) in [5.74, 6) is -0.858. The molecule has 0 unspecified atom stereocenters. The zero-order valence-electron chi connectivity index (χ0n) is 12.2. The second-order valence-corrected chi connectivity index (χ2v) is 4.68. The summed E-state index contributed by atoms with van der Waals surface area (Å²) in [6.07, 6.45) is 2.07. The molecule has 2 rings (SSSR count). The number of nitrogens with zero attached hydrogens (tertiary/aromatic N) is 3. The van der Waals surface area contributed by atoms with Gasteiger partial charge in [0.1, 0.15) is 0 Å². The van der Waals surface area contributed by atoms with Gasteiger partial charge in [0.05, 0.1) is 11.8 Å². The van der Waals surface area contributed by atoms with Gasteiger partial charge in [-0.25, -0.2) is 4.79 Å². The zero-order valence-corrected chi connectivity index (χ0v) is 12.2. The van der Waals surface area contributed by atoms with E-state index in [1.807, 2.05) is 30.3 Å². The fourth-order valence-electron chi connectivity index (χ4n) is 1.86. The van der Waals surface area contributed by atoms with E-state index in [0.29, 0.717) is 5.56 Å². The number of amides is 1. The summed E-state index contributed by atoms with van der Waals surface area (Å²) >= 11 is 0. The van der Waals surface area contributed by atoms with Gasteiger partial charge in [0.25, 0.3) is 5.91 Å². The van der Waals surface area contributed by atoms with Crippen molar-refractivity contribution in [3.05, 3.63) is 48.3 Å². The monoisotopic (exact) mass is 287 g/mol. The van der Waals surface area contributed by atoms with Gasteiger partial charge in [-0.15, -0.1) is 0 Å². The van der Waals surface area contributed by atoms with Crippen LogP contribution in [-0.4, -0.2) is 34.8 Å². The van der Waals surface area contributed by atoms with Crippen molar-refractivity contribution in [3.8, 4) is 0 Å². The molecule has 110 valence electrons. The van der Waals surface area contributed by atoms with Gasteiger partial charge in [-0.1, -0.05) is 18.2 Å². The zero-order chi connectivity index (χ0) is 15.4. The smallest absolute Gasteiger partial charge is 0.342 e. The van der Waals surface area contributed by atoms with Crippen LogP contribution in [0.3, 0.4) is 0 Å². The number of para-hydroxylation sites is 1. The van der Waals surface area contributed by atoms with Crippen LogP contribution in [0, 0.1) is 0 Å². The van der Waals surface area contributed by atoms with Crippen molar-refractivity contribution in [2.45, 2.75) is 13.0 Å². The fraction of sp³-hybridized carbons (Fsp3) is 0.267. The maximum atomic E-state index is 12.2. The molecule has 0 aliphatic heterocycles. The molecule has 1 atom stereocenters. The highest BCUT2D eigenvalue weighted by atomic mass is 16.5. The Kier molecular flexibility index (Phi) is 4.37. The van der Waals surface area contributed by atoms with Crippen molar-refractivity contribution in [1.82, 2.24) is 9.78 Å². The highest BCUT2D eigenvalue weighted by Crippen LogP contribution is 2.13. The summed E-state index contributed by atoms with van der Waals surface area (Å²) in [4.78, 5) is 25.6. The number of aryl methyl sites for hydroxylation is 1. The highest BCUT2D eigenvalue weighted by Gasteiger charge is 2.23. The average molecular weight is 287 g/mol. The van der Waals surface area contributed by atoms with E-state index in [4.69, 9.17) is 4.74 Å². The summed E-state index contributed by atoms with van der Waals surface area (Å²) in [6.45, 7) is 1.55. The standard InChI is InChI=1S/C15H17N3O3/c1-11(21-15(20)12-9-16-17(2)10-12)14(19)18(3)13-7-5-4-6-8-13/h4-11H,1-3H3/t11-/m0/s1. The Bertz CT molecular complexity index is 637. The van der Waals surface area contributed by atoms with Crippen LogP contribution in [0.2, 0.25) is 0 Å². The molecular formula is C15H17N3O3. The van der Waals surface area contributed by atoms with Crippen LogP contribution in [0.25, 0.3) is 0 Å². The van der Waals surface area contributed by atoms with Gasteiger partial charge >= 0.3 is 5.97 Å². The Balaban J connectivity index is 2.01. The summed E-state index contributed by atoms with van der Waals surface area (Å²) in [7, 11) is 3.35. The SMILES string of the molecule is C[C@H](OC(=O)c1cnn(C)c1)C(=O)N(C)c1ccccc1. The molecule has 6 nitrogen and oxygen atoms in total. The summed E-state index contributed by atoms with van der Waals surface area (Å²) in [5, 5.41) is 3.89. The maximum absolute atomic E-state index is 12.2. The first-order chi connectivity index (χ1) is 9.99. The van der Waals surface area contributed by atoms with E-state index in [1.165, 1.54) is 15.8 Å². The van der Waals surface area contributed by atoms with Crippen molar-refractivity contribution < 1.29 is 14.3 Å². The number of ether oxygens (including phenoxy) is 1. The lowest BCUT2D eigenvalue weighted by Gasteiger charge is -2.21. The minimum Gasteiger partial charge on any atom is -0.449 e. The topological polar surface area (TPSA) is 64.4 Å². The number of esters is 1. The molecule has 0 saturated carbocycles. The molecule has 1 amide bonds. The number of benzene rings is 1. The lowest BCUT2D eigenvalue weighted by Crippen LogP contribution is -2.37. The van der Waals surface area contributed by atoms with Crippen molar-refractivity contribution in [1.29, 1.82) is 0 Å². The minimum absolute atomic E-state index is 0.293. The number of anilines is 1. The fourth-order valence-corrected chi connectivity index (χ4v) is 1.86. The highest BCUT2D eigenvalue weighted by molar-refractivity contribution is 5.98. The molecule has 2 aromatic rings. The van der Waals surface area contributed by atoms with Crippen LogP contribution in [0.1, 0.15) is 17.3 Å². The minimum atomic E-state index is -0.872. The van der Waals surface area contributed by atoms with Crippen molar-refractivity contribution in [2.24, 2.45) is 7.05 Å². The van der Waals surface area contributed by atoms with E-state index in [1.54, 1.807) is 27.2 Å². The predicted octanol–water partition coefficient (Wildman–Crippen LogP) is 1.63. The molecule has 1 heterocycles. The van der Waals surface area contributed by atoms with Gasteiger partial charge < -0.3 is 9.64 Å². The van der Waals surface area contributed by atoms with Crippen LogP contribution in [0.5, 0.6) is 0 Å². The van der Waals surface area contributed by atoms with E-state index in [9.17, 15) is 9.59 Å². The number of aromatic nitrogens is 2. The Morgan fingerprint density at radius 3 is 2.52 bits per heavy atom. The Morgan fingerprint density at radius 2 is 1.95 bits per heavy atom. The van der Waals surface area contributed by atoms with Crippen molar-refractivity contribution in [3.63, 3.8) is 0 Å². The second-order valence-electron chi connectivity index (χ2n) is 4.68. The predicted molar refractivity (Wildman–Crippen MR) is 77.9 cm³/mol. The first kappa shape index (κ1) is 14.8. The van der Waals surface area contributed by atoms with Gasteiger partial charge in [0, 0.05) is 26.0 Å². The molecule has 0 aliphatic rings. The Morgan fingerprint density at radius 1 is 1.29 bits per heavy atom. The lowest BCUT2D eigenvalue weighted by atomic mass is 10.2. The van der Waals surface area contributed by atoms with Crippen LogP contribution < -0.4 is 4.90 Å². The molecule has 0 saturated heterocycles. The third-order valence-electron chi connectivity index (χ3n) is 3.05. The molecule has 0 fully saturated rings. The molecule has 1 aromatic heterocycles. The molecular weight excluding hydrogens is 270 g/mol. The van der Waals surface area contributed by atoms with Crippen molar-refractivity contribution >= 4 is 17.6 Å². The Labute approximate surface area is 122 Å². The number of carbonyl (C=O) groups excluding carboxylic acids is 2. The lowest BCUT2D eigenvalue weighted by molar-refractivity contribution is -0.126. The van der Waals surface area contributed by atoms with Gasteiger partial charge in [0.2, 0.25) is 0 Å². The number of carbonyl (C=O) groups is 2. The van der Waals surface area contributed by atoms with E-state index in [-0.39, 0.29) is 5.91 Å². The largest absolute Gasteiger partial charge is 0.449 e. The summed E-state index contributed by atoms with van der Waals surface area (Å²) in [5.41, 5.74) is 1.06. The number of likely N-dealkylation sites (N-methyl/N-ethyl adjacent to an activating group) is 1. The van der Waals surface area contributed by atoms with Gasteiger partial charge in [-0.3, -0.25) is 9.48 Å². The Hall–Kier alpha value is -2.63. The molecule has 21 heavy (non-hydrogen) atoms. The molecule has 0 aliphatic carbocycles. The molecule has 0 bridgehead atoms. The first-order valence-electron chi connectivity index (χ1n) is 6.51. The van der Waals surface area contributed by atoms with Crippen LogP contribution in [0.15, 0.2) is 42.7 Å². The molecule has 0 spiro atoms. The molecule has 1 aromatic carbocycles. The van der Waals surface area contributed by atoms with Gasteiger partial charge in [-0.05, 0) is 19.1 Å². The normalized spacial score (nSPS) is 11.8. The van der Waals surface area contributed by atoms with Crippen molar-refractivity contribution in [2.75, 3.05) is 11.9 Å². The quantitative estimate of drug-likeness (QED) is 0.802. The number of rotatable bonds is 4. The van der Waals surface area contributed by atoms with Gasteiger partial charge in [0.15, 0.2) is 6.10 Å². The summed E-state index contributed by atoms with van der Waals surface area (Å²) < 4.78 is 6.67.